The van der Waals surface area contributed by atoms with E-state index in [4.69, 9.17) is 25.8 Å². The first-order chi connectivity index (χ1) is 20.0. The summed E-state index contributed by atoms with van der Waals surface area (Å²) in [6.45, 7) is 0.764. The van der Waals surface area contributed by atoms with Crippen molar-refractivity contribution in [3.8, 4) is 11.5 Å². The summed E-state index contributed by atoms with van der Waals surface area (Å²) in [6, 6.07) is 27.3. The lowest BCUT2D eigenvalue weighted by atomic mass is 10.1. The molecule has 2 heterocycles. The number of imidazole rings is 1. The largest absolute Gasteiger partial charge is 0.489 e. The van der Waals surface area contributed by atoms with Gasteiger partial charge in [-0.2, -0.15) is 0 Å². The van der Waals surface area contributed by atoms with Gasteiger partial charge in [-0.05, 0) is 53.1 Å². The Morgan fingerprint density at radius 1 is 0.854 bits per heavy atom. The number of esters is 1. The summed E-state index contributed by atoms with van der Waals surface area (Å²) in [5.41, 5.74) is 3.47. The number of fused-ring (bicyclic) bond motifs is 1. The fourth-order valence-corrected chi connectivity index (χ4v) is 4.34. The number of rotatable bonds is 11. The van der Waals surface area contributed by atoms with Crippen molar-refractivity contribution in [2.75, 3.05) is 7.11 Å². The average molecular weight is 570 g/mol. The van der Waals surface area contributed by atoms with E-state index in [2.05, 4.69) is 10.3 Å². The average Bonchev–Trinajstić information content (AvgIpc) is 3.46. The summed E-state index contributed by atoms with van der Waals surface area (Å²) in [6.07, 6.45) is 3.60. The minimum atomic E-state index is -0.908. The maximum Gasteiger partial charge on any atom is 0.328 e. The Hall–Kier alpha value is -4.82. The molecule has 41 heavy (non-hydrogen) atoms. The topological polar surface area (TPSA) is 91.2 Å². The van der Waals surface area contributed by atoms with Crippen LogP contribution in [0.4, 0.5) is 0 Å². The molecule has 1 atom stereocenters. The molecule has 5 rings (SSSR count). The van der Waals surface area contributed by atoms with E-state index in [1.807, 2.05) is 66.7 Å². The van der Waals surface area contributed by atoms with E-state index in [1.165, 1.54) is 7.11 Å². The SMILES string of the molecule is COC(=O)C(Cc1ccc(OCc2ccccc2)cc1)NC(=O)c1cn2cccc(OCc3ccc(Cl)cc3)c2n1. The predicted octanol–water partition coefficient (Wildman–Crippen LogP) is 5.66. The van der Waals surface area contributed by atoms with Crippen molar-refractivity contribution in [1.82, 2.24) is 14.7 Å². The molecule has 0 bridgehead atoms. The predicted molar refractivity (Wildman–Crippen MR) is 155 cm³/mol. The zero-order valence-electron chi connectivity index (χ0n) is 22.3. The number of methoxy groups -OCH3 is 1. The van der Waals surface area contributed by atoms with Gasteiger partial charge in [-0.3, -0.25) is 4.79 Å². The van der Waals surface area contributed by atoms with Gasteiger partial charge < -0.3 is 23.9 Å². The molecule has 1 unspecified atom stereocenters. The number of nitrogens with zero attached hydrogens (tertiary/aromatic N) is 2. The molecule has 0 aliphatic carbocycles. The van der Waals surface area contributed by atoms with E-state index >= 15 is 0 Å². The number of hydrogen-bond acceptors (Lipinski definition) is 6. The zero-order chi connectivity index (χ0) is 28.6. The molecule has 2 aromatic heterocycles. The van der Waals surface area contributed by atoms with Gasteiger partial charge in [0, 0.05) is 23.8 Å². The van der Waals surface area contributed by atoms with E-state index in [-0.39, 0.29) is 12.1 Å². The first kappa shape index (κ1) is 27.7. The van der Waals surface area contributed by atoms with Gasteiger partial charge in [0.1, 0.15) is 30.7 Å². The van der Waals surface area contributed by atoms with Crippen molar-refractivity contribution < 1.29 is 23.8 Å². The van der Waals surface area contributed by atoms with E-state index in [1.54, 1.807) is 41.1 Å². The summed E-state index contributed by atoms with van der Waals surface area (Å²) in [4.78, 5) is 30.2. The number of benzene rings is 3. The van der Waals surface area contributed by atoms with Gasteiger partial charge in [-0.15, -0.1) is 0 Å². The molecule has 3 aromatic carbocycles. The highest BCUT2D eigenvalue weighted by Gasteiger charge is 2.24. The third-order valence-electron chi connectivity index (χ3n) is 6.39. The summed E-state index contributed by atoms with van der Waals surface area (Å²) in [7, 11) is 1.29. The van der Waals surface area contributed by atoms with Gasteiger partial charge in [0.25, 0.3) is 5.91 Å². The second-order valence-corrected chi connectivity index (χ2v) is 9.75. The van der Waals surface area contributed by atoms with Crippen molar-refractivity contribution in [1.29, 1.82) is 0 Å². The number of amides is 1. The molecule has 0 saturated carbocycles. The Bertz CT molecular complexity index is 1620. The molecule has 0 spiro atoms. The molecule has 1 amide bonds. The van der Waals surface area contributed by atoms with Gasteiger partial charge in [-0.25, -0.2) is 9.78 Å². The van der Waals surface area contributed by atoms with Crippen LogP contribution in [0.3, 0.4) is 0 Å². The molecule has 1 N–H and O–H groups in total. The lowest BCUT2D eigenvalue weighted by Gasteiger charge is -2.16. The van der Waals surface area contributed by atoms with Crippen molar-refractivity contribution in [2.24, 2.45) is 0 Å². The molecule has 8 nitrogen and oxygen atoms in total. The highest BCUT2D eigenvalue weighted by atomic mass is 35.5. The van der Waals surface area contributed by atoms with Crippen LogP contribution >= 0.6 is 11.6 Å². The Morgan fingerprint density at radius 3 is 2.27 bits per heavy atom. The number of ether oxygens (including phenoxy) is 3. The fourth-order valence-electron chi connectivity index (χ4n) is 4.22. The third-order valence-corrected chi connectivity index (χ3v) is 6.64. The number of hydrogen-bond donors (Lipinski definition) is 1. The molecule has 208 valence electrons. The highest BCUT2D eigenvalue weighted by Crippen LogP contribution is 2.21. The molecular weight excluding hydrogens is 542 g/mol. The first-order valence-electron chi connectivity index (χ1n) is 13.0. The number of aromatic nitrogens is 2. The number of carbonyl (C=O) groups is 2. The molecule has 0 radical (unpaired) electrons. The Labute approximate surface area is 242 Å². The molecule has 0 aliphatic heterocycles. The van der Waals surface area contributed by atoms with Crippen LogP contribution in [0.1, 0.15) is 27.2 Å². The quantitative estimate of drug-likeness (QED) is 0.206. The molecule has 0 saturated heterocycles. The van der Waals surface area contributed by atoms with Crippen LogP contribution in [0.25, 0.3) is 5.65 Å². The lowest BCUT2D eigenvalue weighted by molar-refractivity contribution is -0.142. The smallest absolute Gasteiger partial charge is 0.328 e. The van der Waals surface area contributed by atoms with Gasteiger partial charge >= 0.3 is 5.97 Å². The minimum Gasteiger partial charge on any atom is -0.489 e. The van der Waals surface area contributed by atoms with E-state index in [9.17, 15) is 9.59 Å². The summed E-state index contributed by atoms with van der Waals surface area (Å²) in [5.74, 6) is 0.157. The monoisotopic (exact) mass is 569 g/mol. The van der Waals surface area contributed by atoms with Crippen LogP contribution in [0, 0.1) is 0 Å². The fraction of sp³-hybridized carbons (Fsp3) is 0.156. The zero-order valence-corrected chi connectivity index (χ0v) is 23.1. The Kier molecular flexibility index (Phi) is 8.81. The van der Waals surface area contributed by atoms with E-state index in [0.29, 0.717) is 35.4 Å². The van der Waals surface area contributed by atoms with Crippen LogP contribution in [-0.2, 0) is 29.2 Å². The lowest BCUT2D eigenvalue weighted by Crippen LogP contribution is -2.43. The second kappa shape index (κ2) is 13.0. The molecule has 5 aromatic rings. The first-order valence-corrected chi connectivity index (χ1v) is 13.4. The van der Waals surface area contributed by atoms with E-state index in [0.717, 1.165) is 16.7 Å². The standard InChI is InChI=1S/C32H28ClN3O5/c1-39-32(38)27(18-22-11-15-26(16-12-22)40-20-23-6-3-2-4-7-23)35-31(37)28-19-36-17-5-8-29(30(36)34-28)41-21-24-9-13-25(33)14-10-24/h2-17,19,27H,18,20-21H2,1H3,(H,35,37). The van der Waals surface area contributed by atoms with E-state index < -0.39 is 17.9 Å². The second-order valence-electron chi connectivity index (χ2n) is 9.32. The number of halogens is 1. The Morgan fingerprint density at radius 2 is 1.54 bits per heavy atom. The Balaban J connectivity index is 1.24. The van der Waals surface area contributed by atoms with Gasteiger partial charge in [0.2, 0.25) is 0 Å². The van der Waals surface area contributed by atoms with Crippen LogP contribution < -0.4 is 14.8 Å². The molecular formula is C32H28ClN3O5. The van der Waals surface area contributed by atoms with Crippen molar-refractivity contribution in [3.05, 3.63) is 131 Å². The van der Waals surface area contributed by atoms with Crippen molar-refractivity contribution in [2.45, 2.75) is 25.7 Å². The maximum atomic E-state index is 13.2. The van der Waals surface area contributed by atoms with Gasteiger partial charge in [-0.1, -0.05) is 66.2 Å². The summed E-state index contributed by atoms with van der Waals surface area (Å²) < 4.78 is 18.5. The molecule has 9 heteroatoms. The number of nitrogens with one attached hydrogen (secondary N) is 1. The van der Waals surface area contributed by atoms with Crippen LogP contribution in [-0.4, -0.2) is 34.4 Å². The molecule has 0 fully saturated rings. The van der Waals surface area contributed by atoms with Crippen LogP contribution in [0.15, 0.2) is 103 Å². The van der Waals surface area contributed by atoms with Crippen molar-refractivity contribution >= 4 is 29.1 Å². The third kappa shape index (κ3) is 7.23. The minimum absolute atomic E-state index is 0.145. The van der Waals surface area contributed by atoms with Gasteiger partial charge in [0.05, 0.1) is 7.11 Å². The van der Waals surface area contributed by atoms with Crippen molar-refractivity contribution in [3.63, 3.8) is 0 Å². The van der Waals surface area contributed by atoms with Gasteiger partial charge in [0.15, 0.2) is 11.4 Å². The van der Waals surface area contributed by atoms with Crippen LogP contribution in [0.2, 0.25) is 5.02 Å². The number of carbonyl (C=O) groups excluding carboxylic acids is 2. The molecule has 0 aliphatic rings. The highest BCUT2D eigenvalue weighted by molar-refractivity contribution is 6.30. The number of pyridine rings is 1. The maximum absolute atomic E-state index is 13.2. The van der Waals surface area contributed by atoms with Crippen LogP contribution in [0.5, 0.6) is 11.5 Å². The summed E-state index contributed by atoms with van der Waals surface area (Å²) >= 11 is 5.96. The normalized spacial score (nSPS) is 11.6. The summed E-state index contributed by atoms with van der Waals surface area (Å²) in [5, 5.41) is 3.41.